The van der Waals surface area contributed by atoms with Crippen LogP contribution < -0.4 is 11.1 Å². The Kier molecular flexibility index (Phi) is 9.31. The van der Waals surface area contributed by atoms with Crippen LogP contribution in [0.2, 0.25) is 0 Å². The summed E-state index contributed by atoms with van der Waals surface area (Å²) in [5, 5.41) is 13.7. The van der Waals surface area contributed by atoms with Gasteiger partial charge in [-0.25, -0.2) is 0 Å². The minimum Gasteiger partial charge on any atom is -0.508 e. The van der Waals surface area contributed by atoms with Crippen molar-refractivity contribution >= 4 is 22.7 Å². The van der Waals surface area contributed by atoms with Gasteiger partial charge in [-0.1, -0.05) is 66.7 Å². The molecule has 42 heavy (non-hydrogen) atoms. The van der Waals surface area contributed by atoms with Gasteiger partial charge in [0.15, 0.2) is 0 Å². The zero-order valence-corrected chi connectivity index (χ0v) is 23.6. The van der Waals surface area contributed by atoms with Crippen LogP contribution >= 0.6 is 0 Å². The Morgan fingerprint density at radius 2 is 1.64 bits per heavy atom. The van der Waals surface area contributed by atoms with E-state index in [1.807, 2.05) is 83.9 Å². The molecule has 7 nitrogen and oxygen atoms in total. The van der Waals surface area contributed by atoms with Crippen LogP contribution in [0.15, 0.2) is 103 Å². The molecule has 0 radical (unpaired) electrons. The van der Waals surface area contributed by atoms with E-state index in [9.17, 15) is 14.7 Å². The molecule has 5 rings (SSSR count). The molecule has 0 bridgehead atoms. The molecule has 0 saturated carbocycles. The number of nitrogens with two attached hydrogens (primary N) is 1. The number of hydrogen-bond acceptors (Lipinski definition) is 4. The van der Waals surface area contributed by atoms with Gasteiger partial charge in [0.2, 0.25) is 5.91 Å². The first-order chi connectivity index (χ1) is 20.5. The Labute approximate surface area is 246 Å². The molecule has 5 aromatic rings. The number of phenolic OH excluding ortho intramolecular Hbond substituents is 1. The summed E-state index contributed by atoms with van der Waals surface area (Å²) in [6.07, 6.45) is 3.69. The summed E-state index contributed by atoms with van der Waals surface area (Å²) in [5.41, 5.74) is 12.1. The Morgan fingerprint density at radius 3 is 2.48 bits per heavy atom. The number of aromatic nitrogens is 1. The van der Waals surface area contributed by atoms with Gasteiger partial charge in [-0.15, -0.1) is 0 Å². The van der Waals surface area contributed by atoms with E-state index in [-0.39, 0.29) is 17.6 Å². The summed E-state index contributed by atoms with van der Waals surface area (Å²) < 4.78 is 0. The fourth-order valence-electron chi connectivity index (χ4n) is 5.23. The molecular formula is C35H36N4O3. The number of rotatable bonds is 12. The number of para-hydroxylation sites is 1. The second-order valence-electron chi connectivity index (χ2n) is 10.4. The number of phenols is 1. The lowest BCUT2D eigenvalue weighted by atomic mass is 9.97. The van der Waals surface area contributed by atoms with Crippen LogP contribution in [0, 0.1) is 0 Å². The number of H-pyrrole nitrogens is 1. The molecule has 1 aromatic heterocycles. The molecule has 0 aliphatic heterocycles. The lowest BCUT2D eigenvalue weighted by Crippen LogP contribution is -2.32. The number of amides is 2. The number of carbonyl (C=O) groups excluding carboxylic acids is 2. The first-order valence-corrected chi connectivity index (χ1v) is 14.3. The first kappa shape index (κ1) is 28.6. The maximum Gasteiger partial charge on any atom is 0.251 e. The number of hydrogen-bond donors (Lipinski definition) is 4. The van der Waals surface area contributed by atoms with Crippen molar-refractivity contribution in [3.8, 4) is 16.9 Å². The number of aromatic hydroxyl groups is 1. The van der Waals surface area contributed by atoms with E-state index in [0.29, 0.717) is 51.0 Å². The molecule has 0 fully saturated rings. The van der Waals surface area contributed by atoms with Crippen LogP contribution in [0.1, 0.15) is 33.5 Å². The van der Waals surface area contributed by atoms with Crippen LogP contribution in [0.4, 0.5) is 0 Å². The summed E-state index contributed by atoms with van der Waals surface area (Å²) in [6.45, 7) is 1.77. The number of benzene rings is 4. The van der Waals surface area contributed by atoms with Crippen LogP contribution in [0.3, 0.4) is 0 Å². The summed E-state index contributed by atoms with van der Waals surface area (Å²) in [4.78, 5) is 31.7. The van der Waals surface area contributed by atoms with Crippen LogP contribution in [0.25, 0.3) is 22.0 Å². The molecular weight excluding hydrogens is 524 g/mol. The summed E-state index contributed by atoms with van der Waals surface area (Å²) in [6, 6.07) is 30.8. The number of aromatic amines is 1. The van der Waals surface area contributed by atoms with Crippen molar-refractivity contribution < 1.29 is 14.7 Å². The van der Waals surface area contributed by atoms with E-state index in [0.717, 1.165) is 38.7 Å². The van der Waals surface area contributed by atoms with Crippen LogP contribution in [0.5, 0.6) is 5.75 Å². The zero-order chi connectivity index (χ0) is 29.3. The molecule has 5 N–H and O–H groups in total. The predicted octanol–water partition coefficient (Wildman–Crippen LogP) is 5.43. The summed E-state index contributed by atoms with van der Waals surface area (Å²) in [7, 11) is 0. The fraction of sp³-hybridized carbons (Fsp3) is 0.200. The van der Waals surface area contributed by atoms with Crippen molar-refractivity contribution in [3.05, 3.63) is 126 Å². The quantitative estimate of drug-likeness (QED) is 0.163. The van der Waals surface area contributed by atoms with Gasteiger partial charge < -0.3 is 26.0 Å². The highest BCUT2D eigenvalue weighted by Crippen LogP contribution is 2.26. The summed E-state index contributed by atoms with van der Waals surface area (Å²) in [5.74, 6) is 0.134. The van der Waals surface area contributed by atoms with Crippen LogP contribution in [-0.4, -0.2) is 46.4 Å². The van der Waals surface area contributed by atoms with Gasteiger partial charge in [0.05, 0.1) is 0 Å². The molecule has 1 heterocycles. The standard InChI is InChI=1S/C35H36N4O3/c36-19-20-37-35(42)32-10-2-1-8-30(32)27-7-5-6-26(22-27)24-39(21-18-25-12-15-29(40)16-13-25)34(41)17-14-28-23-38-33-11-4-3-9-31(28)33/h1-13,15-16,22-23,38,40H,14,17-21,24,36H2,(H,37,42). The molecule has 0 unspecified atom stereocenters. The van der Waals surface area contributed by atoms with Crippen molar-refractivity contribution in [3.63, 3.8) is 0 Å². The molecule has 0 atom stereocenters. The minimum atomic E-state index is -0.163. The highest BCUT2D eigenvalue weighted by Gasteiger charge is 2.17. The smallest absolute Gasteiger partial charge is 0.251 e. The molecule has 4 aromatic carbocycles. The number of nitrogens with zero attached hydrogens (tertiary/aromatic N) is 1. The van der Waals surface area contributed by atoms with E-state index < -0.39 is 0 Å². The number of nitrogens with one attached hydrogen (secondary N) is 2. The lowest BCUT2D eigenvalue weighted by Gasteiger charge is -2.24. The van der Waals surface area contributed by atoms with Gasteiger partial charge in [0, 0.05) is 55.3 Å². The Hall–Kier alpha value is -4.88. The third-order valence-electron chi connectivity index (χ3n) is 7.46. The van der Waals surface area contributed by atoms with Crippen molar-refractivity contribution in [2.24, 2.45) is 5.73 Å². The molecule has 0 spiro atoms. The molecule has 7 heteroatoms. The highest BCUT2D eigenvalue weighted by molar-refractivity contribution is 6.00. The van der Waals surface area contributed by atoms with Gasteiger partial charge in [-0.3, -0.25) is 9.59 Å². The van der Waals surface area contributed by atoms with Gasteiger partial charge in [0.1, 0.15) is 5.75 Å². The largest absolute Gasteiger partial charge is 0.508 e. The maximum atomic E-state index is 13.7. The van der Waals surface area contributed by atoms with E-state index >= 15 is 0 Å². The highest BCUT2D eigenvalue weighted by atomic mass is 16.3. The maximum absolute atomic E-state index is 13.7. The normalized spacial score (nSPS) is 11.0. The molecule has 0 aliphatic rings. The number of aryl methyl sites for hydroxylation is 1. The zero-order valence-electron chi connectivity index (χ0n) is 23.6. The Bertz CT molecular complexity index is 1660. The van der Waals surface area contributed by atoms with Gasteiger partial charge in [-0.2, -0.15) is 0 Å². The SMILES string of the molecule is NCCNC(=O)c1ccccc1-c1cccc(CN(CCc2ccc(O)cc2)C(=O)CCc2c[nH]c3ccccc23)c1. The average Bonchev–Trinajstić information content (AvgIpc) is 3.44. The first-order valence-electron chi connectivity index (χ1n) is 14.3. The third kappa shape index (κ3) is 7.06. The lowest BCUT2D eigenvalue weighted by molar-refractivity contribution is -0.131. The van der Waals surface area contributed by atoms with Gasteiger partial charge in [0.25, 0.3) is 5.91 Å². The monoisotopic (exact) mass is 560 g/mol. The summed E-state index contributed by atoms with van der Waals surface area (Å²) >= 11 is 0. The second kappa shape index (κ2) is 13.7. The van der Waals surface area contributed by atoms with Crippen molar-refractivity contribution in [1.82, 2.24) is 15.2 Å². The van der Waals surface area contributed by atoms with Gasteiger partial charge in [-0.05, 0) is 71.0 Å². The van der Waals surface area contributed by atoms with E-state index in [2.05, 4.69) is 22.4 Å². The molecule has 214 valence electrons. The minimum absolute atomic E-state index is 0.0750. The third-order valence-corrected chi connectivity index (χ3v) is 7.46. The Balaban J connectivity index is 1.36. The van der Waals surface area contributed by atoms with Crippen molar-refractivity contribution in [1.29, 1.82) is 0 Å². The number of carbonyl (C=O) groups is 2. The Morgan fingerprint density at radius 1 is 0.857 bits per heavy atom. The van der Waals surface area contributed by atoms with Crippen LogP contribution in [-0.2, 0) is 24.2 Å². The van der Waals surface area contributed by atoms with Crippen molar-refractivity contribution in [2.45, 2.75) is 25.8 Å². The molecule has 0 saturated heterocycles. The van der Waals surface area contributed by atoms with E-state index in [4.69, 9.17) is 5.73 Å². The van der Waals surface area contributed by atoms with Gasteiger partial charge >= 0.3 is 0 Å². The topological polar surface area (TPSA) is 111 Å². The van der Waals surface area contributed by atoms with E-state index in [1.54, 1.807) is 12.1 Å². The average molecular weight is 561 g/mol. The molecule has 2 amide bonds. The fourth-order valence-corrected chi connectivity index (χ4v) is 5.23. The van der Waals surface area contributed by atoms with E-state index in [1.165, 1.54) is 0 Å². The predicted molar refractivity (Wildman–Crippen MR) is 167 cm³/mol. The molecule has 0 aliphatic carbocycles. The number of fused-ring (bicyclic) bond motifs is 1. The second-order valence-corrected chi connectivity index (χ2v) is 10.4. The van der Waals surface area contributed by atoms with Crippen molar-refractivity contribution in [2.75, 3.05) is 19.6 Å².